The minimum absolute atomic E-state index is 0.411. The highest BCUT2D eigenvalue weighted by Crippen LogP contribution is 2.26. The van der Waals surface area contributed by atoms with Crippen LogP contribution in [-0.4, -0.2) is 4.57 Å². The fourth-order valence-corrected chi connectivity index (χ4v) is 2.67. The van der Waals surface area contributed by atoms with Crippen LogP contribution in [0.2, 0.25) is 10.0 Å². The first-order chi connectivity index (χ1) is 8.52. The number of aromatic nitrogens is 1. The summed E-state index contributed by atoms with van der Waals surface area (Å²) < 4.78 is 2.06. The summed E-state index contributed by atoms with van der Waals surface area (Å²) in [7, 11) is 0. The molecule has 1 aromatic heterocycles. The first kappa shape index (κ1) is 13.0. The lowest BCUT2D eigenvalue weighted by Crippen LogP contribution is -1.99. The highest BCUT2D eigenvalue weighted by molar-refractivity contribution is 6.34. The van der Waals surface area contributed by atoms with E-state index in [9.17, 15) is 0 Å². The molecule has 1 aromatic carbocycles. The fourth-order valence-electron chi connectivity index (χ4n) is 2.16. The van der Waals surface area contributed by atoms with E-state index in [0.717, 1.165) is 22.6 Å². The molecule has 2 rings (SSSR count). The van der Waals surface area contributed by atoms with Crippen molar-refractivity contribution in [1.29, 1.82) is 5.26 Å². The van der Waals surface area contributed by atoms with Gasteiger partial charge >= 0.3 is 0 Å². The molecule has 1 heterocycles. The van der Waals surface area contributed by atoms with Gasteiger partial charge in [0.1, 0.15) is 0 Å². The van der Waals surface area contributed by atoms with Crippen LogP contribution in [-0.2, 0) is 6.42 Å². The zero-order valence-electron chi connectivity index (χ0n) is 10.2. The Bertz CT molecular complexity index is 616. The van der Waals surface area contributed by atoms with Crippen molar-refractivity contribution in [2.24, 2.45) is 0 Å². The molecule has 0 saturated carbocycles. The van der Waals surface area contributed by atoms with E-state index >= 15 is 0 Å². The van der Waals surface area contributed by atoms with E-state index in [2.05, 4.69) is 10.6 Å². The highest BCUT2D eigenvalue weighted by atomic mass is 35.5. The van der Waals surface area contributed by atoms with Gasteiger partial charge in [0.15, 0.2) is 0 Å². The van der Waals surface area contributed by atoms with Gasteiger partial charge in [-0.3, -0.25) is 0 Å². The number of halogens is 2. The number of hydrogen-bond donors (Lipinski definition) is 0. The molecule has 0 fully saturated rings. The summed E-state index contributed by atoms with van der Waals surface area (Å²) in [6.07, 6.45) is 0.411. The zero-order valence-corrected chi connectivity index (χ0v) is 11.7. The maximum absolute atomic E-state index is 8.80. The number of nitriles is 1. The second kappa shape index (κ2) is 5.06. The molecule has 0 radical (unpaired) electrons. The number of hydrogen-bond acceptors (Lipinski definition) is 1. The first-order valence-corrected chi connectivity index (χ1v) is 6.29. The van der Waals surface area contributed by atoms with Gasteiger partial charge in [-0.2, -0.15) is 5.26 Å². The average Bonchev–Trinajstić information content (AvgIpc) is 2.53. The van der Waals surface area contributed by atoms with Gasteiger partial charge < -0.3 is 4.57 Å². The summed E-state index contributed by atoms with van der Waals surface area (Å²) in [6, 6.07) is 9.63. The summed E-state index contributed by atoms with van der Waals surface area (Å²) in [5.41, 5.74) is 4.07. The van der Waals surface area contributed by atoms with Crippen molar-refractivity contribution in [2.45, 2.75) is 20.3 Å². The second-order valence-electron chi connectivity index (χ2n) is 4.19. The SMILES string of the molecule is Cc1cc(CC#N)c(C)n1-c1cc(Cl)cc(Cl)c1. The predicted molar refractivity (Wildman–Crippen MR) is 74.6 cm³/mol. The third-order valence-corrected chi connectivity index (χ3v) is 3.35. The molecule has 2 nitrogen and oxygen atoms in total. The zero-order chi connectivity index (χ0) is 13.3. The van der Waals surface area contributed by atoms with Crippen molar-refractivity contribution in [3.63, 3.8) is 0 Å². The van der Waals surface area contributed by atoms with Crippen molar-refractivity contribution in [1.82, 2.24) is 4.57 Å². The lowest BCUT2D eigenvalue weighted by atomic mass is 10.2. The molecule has 4 heteroatoms. The summed E-state index contributed by atoms with van der Waals surface area (Å²) in [4.78, 5) is 0. The Morgan fingerprint density at radius 1 is 1.11 bits per heavy atom. The van der Waals surface area contributed by atoms with Crippen molar-refractivity contribution >= 4 is 23.2 Å². The van der Waals surface area contributed by atoms with Gasteiger partial charge in [0.2, 0.25) is 0 Å². The minimum atomic E-state index is 0.411. The van der Waals surface area contributed by atoms with Crippen LogP contribution >= 0.6 is 23.2 Å². The standard InChI is InChI=1S/C14H12Cl2N2/c1-9-5-11(3-4-17)10(2)18(9)14-7-12(15)6-13(16)8-14/h5-8H,3H2,1-2H3. The third-order valence-electron chi connectivity index (χ3n) is 2.91. The van der Waals surface area contributed by atoms with E-state index in [1.54, 1.807) is 6.07 Å². The van der Waals surface area contributed by atoms with E-state index in [-0.39, 0.29) is 0 Å². The van der Waals surface area contributed by atoms with Crippen LogP contribution in [0.4, 0.5) is 0 Å². The normalized spacial score (nSPS) is 10.4. The van der Waals surface area contributed by atoms with Gasteiger partial charge in [-0.25, -0.2) is 0 Å². The molecule has 2 aromatic rings. The van der Waals surface area contributed by atoms with E-state index in [1.807, 2.05) is 32.0 Å². The number of benzene rings is 1. The molecule has 0 aliphatic carbocycles. The van der Waals surface area contributed by atoms with Gasteiger partial charge in [0.25, 0.3) is 0 Å². The molecule has 0 amide bonds. The van der Waals surface area contributed by atoms with Crippen molar-refractivity contribution in [3.8, 4) is 11.8 Å². The molecular formula is C14H12Cl2N2. The monoisotopic (exact) mass is 278 g/mol. The minimum Gasteiger partial charge on any atom is -0.318 e. The van der Waals surface area contributed by atoms with Gasteiger partial charge in [0.05, 0.1) is 12.5 Å². The van der Waals surface area contributed by atoms with Crippen LogP contribution < -0.4 is 0 Å². The van der Waals surface area contributed by atoms with Crippen molar-refractivity contribution in [3.05, 3.63) is 51.3 Å². The molecule has 0 N–H and O–H groups in total. The Labute approximate surface area is 116 Å². The van der Waals surface area contributed by atoms with Crippen LogP contribution in [0.25, 0.3) is 5.69 Å². The largest absolute Gasteiger partial charge is 0.318 e. The Morgan fingerprint density at radius 3 is 2.28 bits per heavy atom. The van der Waals surface area contributed by atoms with Gasteiger partial charge in [-0.15, -0.1) is 0 Å². The van der Waals surface area contributed by atoms with Crippen LogP contribution in [0.15, 0.2) is 24.3 Å². The molecule has 0 unspecified atom stereocenters. The fraction of sp³-hybridized carbons (Fsp3) is 0.214. The van der Waals surface area contributed by atoms with E-state index in [1.165, 1.54) is 0 Å². The van der Waals surface area contributed by atoms with Crippen LogP contribution in [0.1, 0.15) is 17.0 Å². The molecule has 0 aliphatic rings. The van der Waals surface area contributed by atoms with E-state index < -0.39 is 0 Å². The van der Waals surface area contributed by atoms with Crippen LogP contribution in [0, 0.1) is 25.2 Å². The van der Waals surface area contributed by atoms with E-state index in [4.69, 9.17) is 28.5 Å². The molecule has 0 bridgehead atoms. The Kier molecular flexibility index (Phi) is 3.65. The van der Waals surface area contributed by atoms with Crippen molar-refractivity contribution < 1.29 is 0 Å². The van der Waals surface area contributed by atoms with E-state index in [0.29, 0.717) is 16.5 Å². The molecule has 0 saturated heterocycles. The Balaban J connectivity index is 2.60. The maximum Gasteiger partial charge on any atom is 0.0670 e. The topological polar surface area (TPSA) is 28.7 Å². The smallest absolute Gasteiger partial charge is 0.0670 e. The summed E-state index contributed by atoms with van der Waals surface area (Å²) >= 11 is 12.0. The van der Waals surface area contributed by atoms with Gasteiger partial charge in [-0.05, 0) is 43.7 Å². The van der Waals surface area contributed by atoms with Gasteiger partial charge in [-0.1, -0.05) is 23.2 Å². The predicted octanol–water partition coefficient (Wildman–Crippen LogP) is 4.47. The Hall–Kier alpha value is -1.43. The molecule has 92 valence electrons. The molecule has 0 atom stereocenters. The molecular weight excluding hydrogens is 267 g/mol. The third kappa shape index (κ3) is 2.38. The number of aryl methyl sites for hydroxylation is 1. The summed E-state index contributed by atoms with van der Waals surface area (Å²) in [6.45, 7) is 4.00. The lowest BCUT2D eigenvalue weighted by Gasteiger charge is -2.10. The van der Waals surface area contributed by atoms with Crippen molar-refractivity contribution in [2.75, 3.05) is 0 Å². The second-order valence-corrected chi connectivity index (χ2v) is 5.07. The quantitative estimate of drug-likeness (QED) is 0.797. The van der Waals surface area contributed by atoms with Gasteiger partial charge in [0, 0.05) is 27.1 Å². The summed E-state index contributed by atoms with van der Waals surface area (Å²) in [5, 5.41) is 10.0. The average molecular weight is 279 g/mol. The molecule has 0 spiro atoms. The summed E-state index contributed by atoms with van der Waals surface area (Å²) in [5.74, 6) is 0. The molecule has 18 heavy (non-hydrogen) atoms. The maximum atomic E-state index is 8.80. The Morgan fingerprint density at radius 2 is 1.72 bits per heavy atom. The lowest BCUT2D eigenvalue weighted by molar-refractivity contribution is 0.956. The first-order valence-electron chi connectivity index (χ1n) is 5.54. The molecule has 0 aliphatic heterocycles. The highest BCUT2D eigenvalue weighted by Gasteiger charge is 2.11. The van der Waals surface area contributed by atoms with Crippen LogP contribution in [0.3, 0.4) is 0 Å². The number of nitrogens with zero attached hydrogens (tertiary/aromatic N) is 2. The number of rotatable bonds is 2. The van der Waals surface area contributed by atoms with Crippen LogP contribution in [0.5, 0.6) is 0 Å².